The molecular weight excluding hydrogens is 328 g/mol. The van der Waals surface area contributed by atoms with Crippen LogP contribution in [-0.2, 0) is 4.79 Å². The maximum atomic E-state index is 11.9. The second kappa shape index (κ2) is 6.49. The van der Waals surface area contributed by atoms with E-state index in [1.165, 1.54) is 5.56 Å². The number of nitrogens with zero attached hydrogens (tertiary/aromatic N) is 2. The first-order chi connectivity index (χ1) is 10.1. The summed E-state index contributed by atoms with van der Waals surface area (Å²) in [6, 6.07) is 9.56. The van der Waals surface area contributed by atoms with Gasteiger partial charge in [-0.2, -0.15) is 0 Å². The Morgan fingerprint density at radius 3 is 2.38 bits per heavy atom. The average Bonchev–Trinajstić information content (AvgIpc) is 2.94. The van der Waals surface area contributed by atoms with Crippen molar-refractivity contribution in [1.82, 2.24) is 9.80 Å². The van der Waals surface area contributed by atoms with Crippen molar-refractivity contribution in [2.24, 2.45) is 0 Å². The molecule has 2 fully saturated rings. The molecule has 2 heterocycles. The molecular formula is C17H23BrN2O. The number of amides is 1. The van der Waals surface area contributed by atoms with Crippen molar-refractivity contribution < 1.29 is 4.79 Å². The van der Waals surface area contributed by atoms with Crippen molar-refractivity contribution in [2.45, 2.75) is 44.7 Å². The molecule has 1 aromatic rings. The highest BCUT2D eigenvalue weighted by atomic mass is 79.9. The summed E-state index contributed by atoms with van der Waals surface area (Å²) in [6.45, 7) is 5.44. The molecule has 1 atom stereocenters. The van der Waals surface area contributed by atoms with Crippen molar-refractivity contribution >= 4 is 21.8 Å². The maximum Gasteiger partial charge on any atom is 0.222 e. The molecule has 0 radical (unpaired) electrons. The van der Waals surface area contributed by atoms with Crippen molar-refractivity contribution in [2.75, 3.05) is 19.6 Å². The van der Waals surface area contributed by atoms with Crippen LogP contribution in [0.25, 0.3) is 0 Å². The number of likely N-dealkylation sites (tertiary alicyclic amines) is 2. The summed E-state index contributed by atoms with van der Waals surface area (Å²) in [5, 5.41) is 0. The zero-order chi connectivity index (χ0) is 14.8. The summed E-state index contributed by atoms with van der Waals surface area (Å²) in [6.07, 6.45) is 4.04. The van der Waals surface area contributed by atoms with Gasteiger partial charge < -0.3 is 4.90 Å². The minimum atomic E-state index is 0.370. The van der Waals surface area contributed by atoms with E-state index in [1.54, 1.807) is 0 Å². The van der Waals surface area contributed by atoms with Gasteiger partial charge in [0.2, 0.25) is 5.91 Å². The molecule has 3 nitrogen and oxygen atoms in total. The Morgan fingerprint density at radius 1 is 1.14 bits per heavy atom. The molecule has 1 aromatic carbocycles. The number of carbonyl (C=O) groups excluding carboxylic acids is 1. The van der Waals surface area contributed by atoms with Gasteiger partial charge >= 0.3 is 0 Å². The number of benzene rings is 1. The van der Waals surface area contributed by atoms with Crippen LogP contribution in [0.4, 0.5) is 0 Å². The van der Waals surface area contributed by atoms with Crippen LogP contribution in [0.15, 0.2) is 28.7 Å². The van der Waals surface area contributed by atoms with Gasteiger partial charge in [-0.3, -0.25) is 9.69 Å². The first-order valence-corrected chi connectivity index (χ1v) is 8.73. The summed E-state index contributed by atoms with van der Waals surface area (Å²) in [5.74, 6) is 0.370. The summed E-state index contributed by atoms with van der Waals surface area (Å²) in [5.41, 5.74) is 1.37. The van der Waals surface area contributed by atoms with Crippen LogP contribution >= 0.6 is 15.9 Å². The van der Waals surface area contributed by atoms with E-state index in [2.05, 4.69) is 56.9 Å². The minimum absolute atomic E-state index is 0.370. The number of hydrogen-bond donors (Lipinski definition) is 0. The third-order valence-corrected chi connectivity index (χ3v) is 5.48. The third kappa shape index (κ3) is 3.32. The summed E-state index contributed by atoms with van der Waals surface area (Å²) in [4.78, 5) is 16.5. The van der Waals surface area contributed by atoms with E-state index in [0.717, 1.165) is 49.8 Å². The Labute approximate surface area is 135 Å². The number of piperidine rings is 1. The second-order valence-electron chi connectivity index (χ2n) is 6.19. The molecule has 0 aliphatic carbocycles. The molecule has 2 aliphatic rings. The molecule has 2 saturated heterocycles. The van der Waals surface area contributed by atoms with Crippen LogP contribution < -0.4 is 0 Å². The van der Waals surface area contributed by atoms with E-state index in [0.29, 0.717) is 18.0 Å². The van der Waals surface area contributed by atoms with Crippen molar-refractivity contribution in [3.8, 4) is 0 Å². The molecule has 4 heteroatoms. The van der Waals surface area contributed by atoms with E-state index < -0.39 is 0 Å². The molecule has 0 N–H and O–H groups in total. The number of halogens is 1. The van der Waals surface area contributed by atoms with Gasteiger partial charge in [0.25, 0.3) is 0 Å². The van der Waals surface area contributed by atoms with Crippen molar-refractivity contribution in [3.63, 3.8) is 0 Å². The topological polar surface area (TPSA) is 23.6 Å². The normalized spacial score (nSPS) is 22.8. The van der Waals surface area contributed by atoms with Crippen LogP contribution in [-0.4, -0.2) is 41.4 Å². The monoisotopic (exact) mass is 350 g/mol. The van der Waals surface area contributed by atoms with Gasteiger partial charge in [0.15, 0.2) is 0 Å². The molecule has 3 rings (SSSR count). The van der Waals surface area contributed by atoms with E-state index in [-0.39, 0.29) is 0 Å². The zero-order valence-electron chi connectivity index (χ0n) is 12.6. The zero-order valence-corrected chi connectivity index (χ0v) is 14.2. The summed E-state index contributed by atoms with van der Waals surface area (Å²) < 4.78 is 1.13. The molecule has 0 aromatic heterocycles. The fourth-order valence-electron chi connectivity index (χ4n) is 3.59. The van der Waals surface area contributed by atoms with Gasteiger partial charge in [0, 0.05) is 42.6 Å². The van der Waals surface area contributed by atoms with Crippen LogP contribution in [0.1, 0.15) is 44.2 Å². The van der Waals surface area contributed by atoms with Crippen molar-refractivity contribution in [1.29, 1.82) is 0 Å². The molecule has 21 heavy (non-hydrogen) atoms. The van der Waals surface area contributed by atoms with Crippen LogP contribution in [0, 0.1) is 0 Å². The Morgan fingerprint density at radius 2 is 1.81 bits per heavy atom. The lowest BCUT2D eigenvalue weighted by Crippen LogP contribution is -2.45. The Bertz CT molecular complexity index is 494. The molecule has 0 saturated carbocycles. The van der Waals surface area contributed by atoms with Gasteiger partial charge in [-0.1, -0.05) is 28.1 Å². The molecule has 0 bridgehead atoms. The lowest BCUT2D eigenvalue weighted by atomic mass is 9.99. The predicted molar refractivity (Wildman–Crippen MR) is 88.1 cm³/mol. The first kappa shape index (κ1) is 15.0. The molecule has 1 amide bonds. The SMILES string of the molecule is CC(c1ccc(Br)cc1)N1CCC(N2CCCC2=O)CC1. The molecule has 0 spiro atoms. The van der Waals surface area contributed by atoms with E-state index in [4.69, 9.17) is 0 Å². The van der Waals surface area contributed by atoms with Gasteiger partial charge in [-0.25, -0.2) is 0 Å². The van der Waals surface area contributed by atoms with Gasteiger partial charge in [-0.05, 0) is 43.9 Å². The summed E-state index contributed by atoms with van der Waals surface area (Å²) >= 11 is 3.49. The van der Waals surface area contributed by atoms with Gasteiger partial charge in [0.05, 0.1) is 0 Å². The van der Waals surface area contributed by atoms with E-state index >= 15 is 0 Å². The van der Waals surface area contributed by atoms with E-state index in [9.17, 15) is 4.79 Å². The van der Waals surface area contributed by atoms with Crippen molar-refractivity contribution in [3.05, 3.63) is 34.3 Å². The Hall–Kier alpha value is -0.870. The fourth-order valence-corrected chi connectivity index (χ4v) is 3.86. The number of carbonyl (C=O) groups is 1. The lowest BCUT2D eigenvalue weighted by Gasteiger charge is -2.39. The lowest BCUT2D eigenvalue weighted by molar-refractivity contribution is -0.130. The Balaban J connectivity index is 1.57. The largest absolute Gasteiger partial charge is 0.340 e. The average molecular weight is 351 g/mol. The summed E-state index contributed by atoms with van der Waals surface area (Å²) in [7, 11) is 0. The fraction of sp³-hybridized carbons (Fsp3) is 0.588. The van der Waals surface area contributed by atoms with E-state index in [1.807, 2.05) is 0 Å². The predicted octanol–water partition coefficient (Wildman–Crippen LogP) is 3.60. The molecule has 1 unspecified atom stereocenters. The third-order valence-electron chi connectivity index (χ3n) is 4.95. The molecule has 2 aliphatic heterocycles. The highest BCUT2D eigenvalue weighted by Gasteiger charge is 2.31. The maximum absolute atomic E-state index is 11.9. The molecule has 114 valence electrons. The first-order valence-electron chi connectivity index (χ1n) is 7.94. The second-order valence-corrected chi connectivity index (χ2v) is 7.10. The van der Waals surface area contributed by atoms with Crippen LogP contribution in [0.5, 0.6) is 0 Å². The van der Waals surface area contributed by atoms with Crippen LogP contribution in [0.3, 0.4) is 0 Å². The number of hydrogen-bond acceptors (Lipinski definition) is 2. The van der Waals surface area contributed by atoms with Gasteiger partial charge in [0.1, 0.15) is 0 Å². The highest BCUT2D eigenvalue weighted by molar-refractivity contribution is 9.10. The highest BCUT2D eigenvalue weighted by Crippen LogP contribution is 2.28. The minimum Gasteiger partial charge on any atom is -0.340 e. The quantitative estimate of drug-likeness (QED) is 0.831. The smallest absolute Gasteiger partial charge is 0.222 e. The van der Waals surface area contributed by atoms with Crippen LogP contribution in [0.2, 0.25) is 0 Å². The Kier molecular flexibility index (Phi) is 4.65. The number of rotatable bonds is 3. The van der Waals surface area contributed by atoms with Gasteiger partial charge in [-0.15, -0.1) is 0 Å². The standard InChI is InChI=1S/C17H23BrN2O/c1-13(14-4-6-15(18)7-5-14)19-11-8-16(9-12-19)20-10-2-3-17(20)21/h4-7,13,16H,2-3,8-12H2,1H3.